The first kappa shape index (κ1) is 13.1. The van der Waals surface area contributed by atoms with Crippen molar-refractivity contribution in [3.63, 3.8) is 0 Å². The fraction of sp³-hybridized carbons (Fsp3) is 0.364. The Bertz CT molecular complexity index is 420. The summed E-state index contributed by atoms with van der Waals surface area (Å²) in [6.07, 6.45) is 0.253. The van der Waals surface area contributed by atoms with Crippen LogP contribution in [0.25, 0.3) is 0 Å². The number of benzene rings is 1. The van der Waals surface area contributed by atoms with Gasteiger partial charge in [0.05, 0.1) is 4.92 Å². The van der Waals surface area contributed by atoms with E-state index in [1.807, 2.05) is 6.92 Å². The molecule has 0 saturated carbocycles. The first-order chi connectivity index (χ1) is 8.04. The Kier molecular flexibility index (Phi) is 4.59. The molecule has 92 valence electrons. The summed E-state index contributed by atoms with van der Waals surface area (Å²) in [5.74, 6) is -0.213. The third-order valence-electron chi connectivity index (χ3n) is 2.31. The molecule has 1 amide bonds. The molecule has 1 unspecified atom stereocenters. The fourth-order valence-corrected chi connectivity index (χ4v) is 1.34. The van der Waals surface area contributed by atoms with Gasteiger partial charge in [-0.05, 0) is 18.5 Å². The van der Waals surface area contributed by atoms with E-state index in [-0.39, 0.29) is 29.6 Å². The first-order valence-electron chi connectivity index (χ1n) is 5.28. The molecule has 1 aromatic rings. The van der Waals surface area contributed by atoms with E-state index < -0.39 is 4.92 Å². The van der Waals surface area contributed by atoms with Gasteiger partial charge in [0.1, 0.15) is 5.69 Å². The second-order valence-electron chi connectivity index (χ2n) is 3.87. The number of nitrogens with one attached hydrogen (secondary N) is 1. The number of amides is 1. The van der Waals surface area contributed by atoms with Crippen molar-refractivity contribution in [3.05, 3.63) is 34.4 Å². The van der Waals surface area contributed by atoms with Crippen LogP contribution < -0.4 is 11.1 Å². The van der Waals surface area contributed by atoms with Crippen molar-refractivity contribution in [2.75, 3.05) is 11.9 Å². The quantitative estimate of drug-likeness (QED) is 0.599. The van der Waals surface area contributed by atoms with Crippen molar-refractivity contribution < 1.29 is 9.72 Å². The number of nitro benzene ring substituents is 1. The highest BCUT2D eigenvalue weighted by Gasteiger charge is 2.15. The average Bonchev–Trinajstić information content (AvgIpc) is 2.29. The van der Waals surface area contributed by atoms with Crippen LogP contribution in [0.1, 0.15) is 13.3 Å². The molecule has 0 heterocycles. The van der Waals surface area contributed by atoms with Crippen molar-refractivity contribution in [2.45, 2.75) is 13.3 Å². The number of rotatable bonds is 5. The molecule has 0 bridgehead atoms. The molecular formula is C11H15N3O3. The fourth-order valence-electron chi connectivity index (χ4n) is 1.34. The van der Waals surface area contributed by atoms with E-state index in [4.69, 9.17) is 5.73 Å². The topological polar surface area (TPSA) is 98.3 Å². The number of anilines is 1. The van der Waals surface area contributed by atoms with Crippen LogP contribution in [0.15, 0.2) is 24.3 Å². The van der Waals surface area contributed by atoms with Crippen LogP contribution in [-0.4, -0.2) is 17.4 Å². The van der Waals surface area contributed by atoms with Gasteiger partial charge in [0.25, 0.3) is 5.69 Å². The van der Waals surface area contributed by atoms with Gasteiger partial charge in [-0.3, -0.25) is 14.9 Å². The zero-order valence-electron chi connectivity index (χ0n) is 9.55. The summed E-state index contributed by atoms with van der Waals surface area (Å²) < 4.78 is 0. The average molecular weight is 237 g/mol. The standard InChI is InChI=1S/C11H15N3O3/c1-8(7-12)6-11(15)13-9-4-2-3-5-10(9)14(16)17/h2-5,8H,6-7,12H2,1H3,(H,13,15). The lowest BCUT2D eigenvalue weighted by Gasteiger charge is -2.09. The Morgan fingerprint density at radius 1 is 1.53 bits per heavy atom. The van der Waals surface area contributed by atoms with E-state index in [0.717, 1.165) is 0 Å². The zero-order valence-corrected chi connectivity index (χ0v) is 9.55. The second kappa shape index (κ2) is 5.95. The lowest BCUT2D eigenvalue weighted by atomic mass is 10.1. The molecule has 6 nitrogen and oxygen atoms in total. The number of para-hydroxylation sites is 2. The molecule has 3 N–H and O–H groups in total. The van der Waals surface area contributed by atoms with Crippen molar-refractivity contribution in [2.24, 2.45) is 11.7 Å². The van der Waals surface area contributed by atoms with E-state index in [2.05, 4.69) is 5.32 Å². The van der Waals surface area contributed by atoms with Crippen LogP contribution in [-0.2, 0) is 4.79 Å². The number of hydrogen-bond donors (Lipinski definition) is 2. The van der Waals surface area contributed by atoms with Crippen LogP contribution in [0.5, 0.6) is 0 Å². The molecule has 0 aliphatic heterocycles. The Morgan fingerprint density at radius 2 is 2.18 bits per heavy atom. The molecule has 0 aliphatic carbocycles. The maximum absolute atomic E-state index is 11.6. The van der Waals surface area contributed by atoms with E-state index in [0.29, 0.717) is 6.54 Å². The third kappa shape index (κ3) is 3.84. The van der Waals surface area contributed by atoms with Crippen LogP contribution >= 0.6 is 0 Å². The van der Waals surface area contributed by atoms with E-state index in [9.17, 15) is 14.9 Å². The molecule has 0 fully saturated rings. The van der Waals surface area contributed by atoms with Crippen molar-refractivity contribution >= 4 is 17.3 Å². The van der Waals surface area contributed by atoms with E-state index >= 15 is 0 Å². The molecule has 17 heavy (non-hydrogen) atoms. The number of nitrogens with zero attached hydrogens (tertiary/aromatic N) is 1. The van der Waals surface area contributed by atoms with Gasteiger partial charge in [-0.2, -0.15) is 0 Å². The predicted octanol–water partition coefficient (Wildman–Crippen LogP) is 1.52. The second-order valence-corrected chi connectivity index (χ2v) is 3.87. The SMILES string of the molecule is CC(CN)CC(=O)Nc1ccccc1[N+](=O)[O-]. The summed E-state index contributed by atoms with van der Waals surface area (Å²) in [5, 5.41) is 13.2. The maximum atomic E-state index is 11.6. The molecule has 1 rings (SSSR count). The summed E-state index contributed by atoms with van der Waals surface area (Å²) in [4.78, 5) is 21.8. The number of nitro groups is 1. The minimum Gasteiger partial charge on any atom is -0.330 e. The first-order valence-corrected chi connectivity index (χ1v) is 5.28. The Labute approximate surface area is 99.0 Å². The molecule has 6 heteroatoms. The summed E-state index contributed by atoms with van der Waals surface area (Å²) in [7, 11) is 0. The summed E-state index contributed by atoms with van der Waals surface area (Å²) >= 11 is 0. The van der Waals surface area contributed by atoms with Gasteiger partial charge in [0.15, 0.2) is 0 Å². The van der Waals surface area contributed by atoms with Crippen molar-refractivity contribution in [1.82, 2.24) is 0 Å². The van der Waals surface area contributed by atoms with Gasteiger partial charge in [-0.25, -0.2) is 0 Å². The predicted molar refractivity (Wildman–Crippen MR) is 64.6 cm³/mol. The lowest BCUT2D eigenvalue weighted by Crippen LogP contribution is -2.20. The molecule has 0 aliphatic rings. The highest BCUT2D eigenvalue weighted by molar-refractivity contribution is 5.93. The summed E-state index contributed by atoms with van der Waals surface area (Å²) in [6.45, 7) is 2.25. The molecular weight excluding hydrogens is 222 g/mol. The monoisotopic (exact) mass is 237 g/mol. The van der Waals surface area contributed by atoms with Gasteiger partial charge < -0.3 is 11.1 Å². The Morgan fingerprint density at radius 3 is 2.76 bits per heavy atom. The minimum absolute atomic E-state index is 0.0535. The van der Waals surface area contributed by atoms with Crippen LogP contribution in [0.3, 0.4) is 0 Å². The molecule has 0 spiro atoms. The van der Waals surface area contributed by atoms with Crippen LogP contribution in [0, 0.1) is 16.0 Å². The molecule has 1 aromatic carbocycles. The number of carbonyl (C=O) groups excluding carboxylic acids is 1. The summed E-state index contributed by atoms with van der Waals surface area (Å²) in [5.41, 5.74) is 5.51. The normalized spacial score (nSPS) is 11.9. The van der Waals surface area contributed by atoms with Gasteiger partial charge in [0, 0.05) is 12.5 Å². The minimum atomic E-state index is -0.526. The van der Waals surface area contributed by atoms with Crippen molar-refractivity contribution in [3.8, 4) is 0 Å². The number of carbonyl (C=O) groups is 1. The Hall–Kier alpha value is -1.95. The maximum Gasteiger partial charge on any atom is 0.292 e. The van der Waals surface area contributed by atoms with Gasteiger partial charge in [-0.15, -0.1) is 0 Å². The number of nitrogens with two attached hydrogens (primary N) is 1. The van der Waals surface area contributed by atoms with Gasteiger partial charge in [0.2, 0.25) is 5.91 Å². The van der Waals surface area contributed by atoms with Gasteiger partial charge >= 0.3 is 0 Å². The molecule has 1 atom stereocenters. The van der Waals surface area contributed by atoms with Crippen LogP contribution in [0.2, 0.25) is 0 Å². The lowest BCUT2D eigenvalue weighted by molar-refractivity contribution is -0.383. The molecule has 0 aromatic heterocycles. The van der Waals surface area contributed by atoms with Crippen molar-refractivity contribution in [1.29, 1.82) is 0 Å². The largest absolute Gasteiger partial charge is 0.330 e. The van der Waals surface area contributed by atoms with Gasteiger partial charge in [-0.1, -0.05) is 19.1 Å². The highest BCUT2D eigenvalue weighted by atomic mass is 16.6. The number of hydrogen-bond acceptors (Lipinski definition) is 4. The molecule has 0 radical (unpaired) electrons. The summed E-state index contributed by atoms with van der Waals surface area (Å²) in [6, 6.07) is 6.04. The van der Waals surface area contributed by atoms with E-state index in [1.165, 1.54) is 12.1 Å². The zero-order chi connectivity index (χ0) is 12.8. The van der Waals surface area contributed by atoms with Crippen LogP contribution in [0.4, 0.5) is 11.4 Å². The van der Waals surface area contributed by atoms with E-state index in [1.54, 1.807) is 12.1 Å². The highest BCUT2D eigenvalue weighted by Crippen LogP contribution is 2.23. The Balaban J connectivity index is 2.74. The molecule has 0 saturated heterocycles. The smallest absolute Gasteiger partial charge is 0.292 e. The third-order valence-corrected chi connectivity index (χ3v) is 2.31.